The number of ether oxygens (including phenoxy) is 1. The van der Waals surface area contributed by atoms with E-state index in [1.165, 1.54) is 0 Å². The molecule has 1 heterocycles. The van der Waals surface area contributed by atoms with Gasteiger partial charge in [0.2, 0.25) is 0 Å². The molecule has 3 heteroatoms. The van der Waals surface area contributed by atoms with Crippen molar-refractivity contribution in [1.82, 2.24) is 0 Å². The molecule has 106 valence electrons. The quantitative estimate of drug-likeness (QED) is 0.749. The molecule has 1 unspecified atom stereocenters. The van der Waals surface area contributed by atoms with Crippen molar-refractivity contribution in [2.24, 2.45) is 0 Å². The number of hydrogen-bond acceptors (Lipinski definition) is 2. The summed E-state index contributed by atoms with van der Waals surface area (Å²) in [7, 11) is 0. The van der Waals surface area contributed by atoms with Gasteiger partial charge in [0.15, 0.2) is 5.78 Å². The molecule has 2 aromatic carbocycles. The van der Waals surface area contributed by atoms with E-state index in [1.807, 2.05) is 37.3 Å². The lowest BCUT2D eigenvalue weighted by Crippen LogP contribution is -2.04. The fraction of sp³-hybridized carbons (Fsp3) is 0.167. The van der Waals surface area contributed by atoms with E-state index in [-0.39, 0.29) is 11.9 Å². The highest BCUT2D eigenvalue weighted by molar-refractivity contribution is 6.30. The average molecular weight is 299 g/mol. The first-order valence-corrected chi connectivity index (χ1v) is 7.24. The number of ketones is 1. The summed E-state index contributed by atoms with van der Waals surface area (Å²) in [6.07, 6.45) is 0.537. The monoisotopic (exact) mass is 298 g/mol. The van der Waals surface area contributed by atoms with Crippen LogP contribution in [0, 0.1) is 0 Å². The van der Waals surface area contributed by atoms with E-state index in [2.05, 4.69) is 0 Å². The van der Waals surface area contributed by atoms with Crippen molar-refractivity contribution < 1.29 is 9.53 Å². The number of allylic oxidation sites excluding steroid dienone is 1. The molecule has 1 aliphatic rings. The standard InChI is InChI=1S/C18H15ClO2/c1-12-16(18(20)14-7-9-15(19)10-8-14)11-17(21-12)13-5-3-2-4-6-13/h2-10,17H,11H2,1H3. The van der Waals surface area contributed by atoms with Gasteiger partial charge in [0, 0.05) is 22.6 Å². The van der Waals surface area contributed by atoms with Crippen LogP contribution in [0.4, 0.5) is 0 Å². The summed E-state index contributed by atoms with van der Waals surface area (Å²) < 4.78 is 5.86. The Morgan fingerprint density at radius 2 is 1.76 bits per heavy atom. The van der Waals surface area contributed by atoms with E-state index in [9.17, 15) is 4.79 Å². The topological polar surface area (TPSA) is 26.3 Å². The van der Waals surface area contributed by atoms with E-state index < -0.39 is 0 Å². The zero-order chi connectivity index (χ0) is 14.8. The number of halogens is 1. The molecular weight excluding hydrogens is 284 g/mol. The summed E-state index contributed by atoms with van der Waals surface area (Å²) in [5.74, 6) is 0.728. The third kappa shape index (κ3) is 2.86. The first-order chi connectivity index (χ1) is 10.1. The third-order valence-electron chi connectivity index (χ3n) is 3.69. The summed E-state index contributed by atoms with van der Waals surface area (Å²) in [5.41, 5.74) is 2.48. The number of Topliss-reactive ketones (excluding diaryl/α,β-unsaturated/α-hetero) is 1. The number of carbonyl (C=O) groups excluding carboxylic acids is 1. The fourth-order valence-electron chi connectivity index (χ4n) is 2.54. The van der Waals surface area contributed by atoms with Crippen LogP contribution in [0.15, 0.2) is 65.9 Å². The Kier molecular flexibility index (Phi) is 3.80. The molecule has 0 bridgehead atoms. The van der Waals surface area contributed by atoms with Crippen LogP contribution in [-0.2, 0) is 4.74 Å². The zero-order valence-corrected chi connectivity index (χ0v) is 12.4. The molecule has 0 fully saturated rings. The Balaban J connectivity index is 1.81. The van der Waals surface area contributed by atoms with Gasteiger partial charge < -0.3 is 4.74 Å². The summed E-state index contributed by atoms with van der Waals surface area (Å²) >= 11 is 5.86. The lowest BCUT2D eigenvalue weighted by molar-refractivity contribution is 0.103. The minimum atomic E-state index is -0.0718. The summed E-state index contributed by atoms with van der Waals surface area (Å²) in [4.78, 5) is 12.6. The Labute approximate surface area is 129 Å². The molecule has 2 aromatic rings. The van der Waals surface area contributed by atoms with Crippen molar-refractivity contribution >= 4 is 17.4 Å². The number of benzene rings is 2. The van der Waals surface area contributed by atoms with Crippen molar-refractivity contribution in [1.29, 1.82) is 0 Å². The van der Waals surface area contributed by atoms with Gasteiger partial charge in [-0.1, -0.05) is 41.9 Å². The average Bonchev–Trinajstić information content (AvgIpc) is 2.90. The molecule has 0 spiro atoms. The summed E-state index contributed by atoms with van der Waals surface area (Å²) in [6, 6.07) is 16.9. The molecule has 0 N–H and O–H groups in total. The number of hydrogen-bond donors (Lipinski definition) is 0. The number of rotatable bonds is 3. The molecule has 2 nitrogen and oxygen atoms in total. The van der Waals surface area contributed by atoms with Gasteiger partial charge in [0.25, 0.3) is 0 Å². The van der Waals surface area contributed by atoms with Gasteiger partial charge in [0.05, 0.1) is 0 Å². The molecule has 0 aromatic heterocycles. The van der Waals surface area contributed by atoms with Crippen LogP contribution in [0.3, 0.4) is 0 Å². The van der Waals surface area contributed by atoms with Crippen LogP contribution in [0.1, 0.15) is 35.4 Å². The Bertz CT molecular complexity index is 687. The van der Waals surface area contributed by atoms with E-state index in [1.54, 1.807) is 24.3 Å². The summed E-state index contributed by atoms with van der Waals surface area (Å²) in [5, 5.41) is 0.627. The fourth-order valence-corrected chi connectivity index (χ4v) is 2.66. The third-order valence-corrected chi connectivity index (χ3v) is 3.94. The summed E-state index contributed by atoms with van der Waals surface area (Å²) in [6.45, 7) is 1.85. The highest BCUT2D eigenvalue weighted by Gasteiger charge is 2.29. The maximum atomic E-state index is 12.6. The van der Waals surface area contributed by atoms with Crippen molar-refractivity contribution in [3.8, 4) is 0 Å². The van der Waals surface area contributed by atoms with Crippen LogP contribution in [-0.4, -0.2) is 5.78 Å². The molecule has 0 saturated carbocycles. The van der Waals surface area contributed by atoms with Gasteiger partial charge in [-0.2, -0.15) is 0 Å². The maximum Gasteiger partial charge on any atom is 0.192 e. The smallest absolute Gasteiger partial charge is 0.192 e. The van der Waals surface area contributed by atoms with Crippen LogP contribution in [0.25, 0.3) is 0 Å². The Hall–Kier alpha value is -2.06. The second kappa shape index (κ2) is 5.74. The highest BCUT2D eigenvalue weighted by atomic mass is 35.5. The maximum absolute atomic E-state index is 12.6. The van der Waals surface area contributed by atoms with E-state index in [4.69, 9.17) is 16.3 Å². The largest absolute Gasteiger partial charge is 0.490 e. The van der Waals surface area contributed by atoms with Crippen LogP contribution in [0.5, 0.6) is 0 Å². The van der Waals surface area contributed by atoms with Crippen molar-refractivity contribution in [2.45, 2.75) is 19.4 Å². The highest BCUT2D eigenvalue weighted by Crippen LogP contribution is 2.37. The van der Waals surface area contributed by atoms with Gasteiger partial charge in [-0.3, -0.25) is 4.79 Å². The molecule has 0 radical (unpaired) electrons. The van der Waals surface area contributed by atoms with Gasteiger partial charge in [0.1, 0.15) is 11.9 Å². The van der Waals surface area contributed by atoms with Gasteiger partial charge in [-0.25, -0.2) is 0 Å². The predicted molar refractivity (Wildman–Crippen MR) is 83.4 cm³/mol. The van der Waals surface area contributed by atoms with Crippen molar-refractivity contribution in [3.63, 3.8) is 0 Å². The Morgan fingerprint density at radius 3 is 2.43 bits per heavy atom. The molecular formula is C18H15ClO2. The van der Waals surface area contributed by atoms with E-state index in [0.29, 0.717) is 22.8 Å². The normalized spacial score (nSPS) is 17.7. The van der Waals surface area contributed by atoms with Gasteiger partial charge in [-0.15, -0.1) is 0 Å². The second-order valence-corrected chi connectivity index (χ2v) is 5.53. The molecule has 0 aliphatic carbocycles. The minimum absolute atomic E-state index is 0.0163. The van der Waals surface area contributed by atoms with Gasteiger partial charge in [-0.05, 0) is 36.8 Å². The molecule has 0 amide bonds. The number of carbonyl (C=O) groups is 1. The lowest BCUT2D eigenvalue weighted by atomic mass is 9.97. The molecule has 21 heavy (non-hydrogen) atoms. The SMILES string of the molecule is CC1=C(C(=O)c2ccc(Cl)cc2)CC(c2ccccc2)O1. The van der Waals surface area contributed by atoms with Crippen molar-refractivity contribution in [2.75, 3.05) is 0 Å². The molecule has 0 saturated heterocycles. The zero-order valence-electron chi connectivity index (χ0n) is 11.7. The molecule has 1 atom stereocenters. The van der Waals surface area contributed by atoms with E-state index in [0.717, 1.165) is 11.1 Å². The van der Waals surface area contributed by atoms with Crippen molar-refractivity contribution in [3.05, 3.63) is 82.1 Å². The van der Waals surface area contributed by atoms with Crippen LogP contribution >= 0.6 is 11.6 Å². The van der Waals surface area contributed by atoms with Crippen LogP contribution in [0.2, 0.25) is 5.02 Å². The Morgan fingerprint density at radius 1 is 1.10 bits per heavy atom. The minimum Gasteiger partial charge on any atom is -0.490 e. The molecule has 1 aliphatic heterocycles. The van der Waals surface area contributed by atoms with E-state index >= 15 is 0 Å². The van der Waals surface area contributed by atoms with Crippen LogP contribution < -0.4 is 0 Å². The predicted octanol–water partition coefficient (Wildman–Crippen LogP) is 4.96. The molecule has 3 rings (SSSR count). The first-order valence-electron chi connectivity index (χ1n) is 6.87. The lowest BCUT2D eigenvalue weighted by Gasteiger charge is -2.11. The second-order valence-electron chi connectivity index (χ2n) is 5.09. The first kappa shape index (κ1) is 13.9. The van der Waals surface area contributed by atoms with Gasteiger partial charge >= 0.3 is 0 Å².